The van der Waals surface area contributed by atoms with Gasteiger partial charge in [0.15, 0.2) is 6.61 Å². The van der Waals surface area contributed by atoms with Gasteiger partial charge < -0.3 is 19.3 Å². The van der Waals surface area contributed by atoms with Crippen molar-refractivity contribution in [1.29, 1.82) is 0 Å². The van der Waals surface area contributed by atoms with Gasteiger partial charge in [0, 0.05) is 6.07 Å². The third kappa shape index (κ3) is 5.74. The van der Waals surface area contributed by atoms with Crippen LogP contribution in [0.2, 0.25) is 5.02 Å². The fraction of sp³-hybridized carbons (Fsp3) is 0.550. The van der Waals surface area contributed by atoms with E-state index in [1.807, 2.05) is 0 Å². The Morgan fingerprint density at radius 3 is 2.70 bits per heavy atom. The molecule has 1 saturated heterocycles. The summed E-state index contributed by atoms with van der Waals surface area (Å²) in [4.78, 5) is 16.2. The molecule has 33 heavy (non-hydrogen) atoms. The highest BCUT2D eigenvalue weighted by Gasteiger charge is 2.52. The molecule has 1 aliphatic carbocycles. The number of amides is 1. The van der Waals surface area contributed by atoms with Crippen LogP contribution in [0.3, 0.4) is 0 Å². The summed E-state index contributed by atoms with van der Waals surface area (Å²) >= 11 is 5.60. The molecule has 2 heterocycles. The maximum absolute atomic E-state index is 13.4. The standard InChI is InChI=1S/C20H20ClF4N3O5/c21-13-4-3-12(8-14(13)22)30-10-16(29)26-11-2-5-15(31-9-11)17-27-18(28-32-17)19(6-1-7-19)33-20(23,24)25/h3-4,8,11,15H,1-2,5-7,9-10H2,(H,26,29)/t11-,15+/m1/s1. The highest BCUT2D eigenvalue weighted by Crippen LogP contribution is 2.47. The average molecular weight is 494 g/mol. The van der Waals surface area contributed by atoms with Crippen LogP contribution in [0.15, 0.2) is 22.7 Å². The van der Waals surface area contributed by atoms with Gasteiger partial charge in [0.2, 0.25) is 5.82 Å². The second kappa shape index (κ2) is 9.43. The number of nitrogens with zero attached hydrogens (tertiary/aromatic N) is 2. The minimum absolute atomic E-state index is 0.0511. The third-order valence-corrected chi connectivity index (χ3v) is 5.81. The molecule has 1 saturated carbocycles. The summed E-state index contributed by atoms with van der Waals surface area (Å²) in [6, 6.07) is 3.53. The summed E-state index contributed by atoms with van der Waals surface area (Å²) in [6.45, 7) is -0.191. The van der Waals surface area contributed by atoms with E-state index < -0.39 is 29.8 Å². The predicted octanol–water partition coefficient (Wildman–Crippen LogP) is 4.19. The molecule has 2 aliphatic rings. The Hall–Kier alpha value is -2.44. The molecule has 8 nitrogen and oxygen atoms in total. The molecule has 0 bridgehead atoms. The number of benzene rings is 1. The van der Waals surface area contributed by atoms with E-state index in [1.165, 1.54) is 12.1 Å². The Balaban J connectivity index is 1.25. The quantitative estimate of drug-likeness (QED) is 0.578. The van der Waals surface area contributed by atoms with Gasteiger partial charge in [-0.2, -0.15) is 4.98 Å². The molecular weight excluding hydrogens is 474 g/mol. The predicted molar refractivity (Wildman–Crippen MR) is 104 cm³/mol. The SMILES string of the molecule is O=C(COc1ccc(Cl)c(F)c1)N[C@@H]1CC[C@@H](c2nc(C3(OC(F)(F)F)CCC3)no2)OC1. The molecule has 0 unspecified atom stereocenters. The van der Waals surface area contributed by atoms with Crippen molar-refractivity contribution in [3.8, 4) is 5.75 Å². The van der Waals surface area contributed by atoms with Gasteiger partial charge in [0.25, 0.3) is 11.8 Å². The van der Waals surface area contributed by atoms with Crippen molar-refractivity contribution < 1.29 is 41.1 Å². The lowest BCUT2D eigenvalue weighted by atomic mass is 9.79. The molecule has 1 N–H and O–H groups in total. The van der Waals surface area contributed by atoms with Gasteiger partial charge in [-0.05, 0) is 44.2 Å². The van der Waals surface area contributed by atoms with E-state index in [9.17, 15) is 22.4 Å². The smallest absolute Gasteiger partial charge is 0.484 e. The maximum Gasteiger partial charge on any atom is 0.523 e. The number of alkyl halides is 3. The number of carbonyl (C=O) groups excluding carboxylic acids is 1. The van der Waals surface area contributed by atoms with Crippen molar-refractivity contribution in [3.63, 3.8) is 0 Å². The van der Waals surface area contributed by atoms with Crippen LogP contribution in [-0.4, -0.2) is 41.7 Å². The van der Waals surface area contributed by atoms with Crippen LogP contribution in [-0.2, 0) is 19.9 Å². The summed E-state index contributed by atoms with van der Waals surface area (Å²) in [5.41, 5.74) is -1.61. The molecule has 2 fully saturated rings. The number of aromatic nitrogens is 2. The van der Waals surface area contributed by atoms with Crippen LogP contribution in [0, 0.1) is 5.82 Å². The van der Waals surface area contributed by atoms with E-state index >= 15 is 0 Å². The average Bonchev–Trinajstić information content (AvgIpc) is 3.22. The molecule has 13 heteroatoms. The highest BCUT2D eigenvalue weighted by atomic mass is 35.5. The lowest BCUT2D eigenvalue weighted by Gasteiger charge is -2.38. The largest absolute Gasteiger partial charge is 0.523 e. The molecular formula is C20H20ClF4N3O5. The van der Waals surface area contributed by atoms with Gasteiger partial charge in [0.05, 0.1) is 17.7 Å². The first kappa shape index (κ1) is 23.7. The minimum Gasteiger partial charge on any atom is -0.484 e. The second-order valence-electron chi connectivity index (χ2n) is 7.88. The zero-order chi connectivity index (χ0) is 23.6. The van der Waals surface area contributed by atoms with Crippen molar-refractivity contribution in [2.24, 2.45) is 0 Å². The molecule has 180 valence electrons. The van der Waals surface area contributed by atoms with Gasteiger partial charge >= 0.3 is 6.36 Å². The van der Waals surface area contributed by atoms with E-state index in [4.69, 9.17) is 25.6 Å². The number of carbonyl (C=O) groups is 1. The van der Waals surface area contributed by atoms with Crippen LogP contribution in [0.5, 0.6) is 5.75 Å². The van der Waals surface area contributed by atoms with Crippen molar-refractivity contribution >= 4 is 17.5 Å². The molecule has 0 spiro atoms. The van der Waals surface area contributed by atoms with Crippen LogP contribution in [0.1, 0.15) is 49.9 Å². The Labute approximate surface area is 190 Å². The Morgan fingerprint density at radius 2 is 2.09 bits per heavy atom. The highest BCUT2D eigenvalue weighted by molar-refractivity contribution is 6.30. The topological polar surface area (TPSA) is 95.7 Å². The molecule has 0 radical (unpaired) electrons. The maximum atomic E-state index is 13.4. The fourth-order valence-corrected chi connectivity index (χ4v) is 3.80. The van der Waals surface area contributed by atoms with Crippen LogP contribution in [0.4, 0.5) is 17.6 Å². The van der Waals surface area contributed by atoms with E-state index in [2.05, 4.69) is 20.2 Å². The Morgan fingerprint density at radius 1 is 1.30 bits per heavy atom. The molecule has 1 amide bonds. The van der Waals surface area contributed by atoms with Gasteiger partial charge in [-0.1, -0.05) is 16.8 Å². The lowest BCUT2D eigenvalue weighted by Crippen LogP contribution is -2.43. The van der Waals surface area contributed by atoms with Gasteiger partial charge in [-0.25, -0.2) is 4.39 Å². The number of rotatable bonds is 7. The molecule has 2 atom stereocenters. The van der Waals surface area contributed by atoms with Gasteiger partial charge in [-0.15, -0.1) is 13.2 Å². The molecule has 2 aromatic rings. The van der Waals surface area contributed by atoms with Crippen LogP contribution >= 0.6 is 11.6 Å². The number of nitrogens with one attached hydrogen (secondary N) is 1. The molecule has 1 aromatic heterocycles. The number of hydrogen-bond donors (Lipinski definition) is 1. The lowest BCUT2D eigenvalue weighted by molar-refractivity contribution is -0.385. The zero-order valence-electron chi connectivity index (χ0n) is 17.2. The summed E-state index contributed by atoms with van der Waals surface area (Å²) < 4.78 is 72.0. The normalized spacial score (nSPS) is 22.5. The number of hydrogen-bond acceptors (Lipinski definition) is 7. The number of halogens is 5. The summed E-state index contributed by atoms with van der Waals surface area (Å²) in [5.74, 6) is -0.985. The second-order valence-corrected chi connectivity index (χ2v) is 8.29. The molecule has 1 aliphatic heterocycles. The summed E-state index contributed by atoms with van der Waals surface area (Å²) in [7, 11) is 0. The first-order chi connectivity index (χ1) is 15.6. The Kier molecular flexibility index (Phi) is 6.78. The van der Waals surface area contributed by atoms with E-state index in [0.717, 1.165) is 6.07 Å². The Bertz CT molecular complexity index is 990. The number of ether oxygens (including phenoxy) is 3. The van der Waals surface area contributed by atoms with Gasteiger partial charge in [0.1, 0.15) is 23.3 Å². The molecule has 1 aromatic carbocycles. The first-order valence-corrected chi connectivity index (χ1v) is 10.6. The van der Waals surface area contributed by atoms with Crippen molar-refractivity contribution in [2.75, 3.05) is 13.2 Å². The van der Waals surface area contributed by atoms with Crippen molar-refractivity contribution in [2.45, 2.75) is 56.2 Å². The zero-order valence-corrected chi connectivity index (χ0v) is 17.9. The monoisotopic (exact) mass is 493 g/mol. The van der Waals surface area contributed by atoms with Crippen molar-refractivity contribution in [3.05, 3.63) is 40.8 Å². The summed E-state index contributed by atoms with van der Waals surface area (Å²) in [6.07, 6.45) is -3.63. The van der Waals surface area contributed by atoms with E-state index in [-0.39, 0.29) is 54.6 Å². The van der Waals surface area contributed by atoms with Crippen molar-refractivity contribution in [1.82, 2.24) is 15.5 Å². The fourth-order valence-electron chi connectivity index (χ4n) is 3.69. The van der Waals surface area contributed by atoms with Crippen LogP contribution < -0.4 is 10.1 Å². The minimum atomic E-state index is -4.81. The summed E-state index contributed by atoms with van der Waals surface area (Å²) in [5, 5.41) is 6.38. The van der Waals surface area contributed by atoms with Gasteiger partial charge in [-0.3, -0.25) is 9.53 Å². The van der Waals surface area contributed by atoms with E-state index in [0.29, 0.717) is 19.3 Å². The van der Waals surface area contributed by atoms with E-state index in [1.54, 1.807) is 0 Å². The first-order valence-electron chi connectivity index (χ1n) is 10.2. The van der Waals surface area contributed by atoms with Crippen LogP contribution in [0.25, 0.3) is 0 Å². The molecule has 4 rings (SSSR count). The third-order valence-electron chi connectivity index (χ3n) is 5.50.